The van der Waals surface area contributed by atoms with Crippen LogP contribution in [0.2, 0.25) is 0 Å². The van der Waals surface area contributed by atoms with Gasteiger partial charge in [-0.25, -0.2) is 4.79 Å². The average Bonchev–Trinajstić information content (AvgIpc) is 2.53. The first-order chi connectivity index (χ1) is 7.19. The zero-order valence-electron chi connectivity index (χ0n) is 7.87. The minimum Gasteiger partial charge on any atom is -0.371 e. The van der Waals surface area contributed by atoms with Crippen molar-refractivity contribution in [3.8, 4) is 0 Å². The number of carbonyl (C=O) groups is 2. The third-order valence-corrected chi connectivity index (χ3v) is 2.33. The number of amides is 2. The second-order valence-electron chi connectivity index (χ2n) is 3.12. The summed E-state index contributed by atoms with van der Waals surface area (Å²) < 4.78 is 5.01. The summed E-state index contributed by atoms with van der Waals surface area (Å²) in [6.45, 7) is 0. The van der Waals surface area contributed by atoms with E-state index >= 15 is 0 Å². The van der Waals surface area contributed by atoms with Gasteiger partial charge in [0.2, 0.25) is 0 Å². The normalized spacial score (nSPS) is 24.1. The molecule has 0 bridgehead atoms. The molecule has 1 aliphatic heterocycles. The number of imide groups is 1. The Balaban J connectivity index is 2.57. The van der Waals surface area contributed by atoms with Crippen molar-refractivity contribution in [2.75, 3.05) is 7.11 Å². The summed E-state index contributed by atoms with van der Waals surface area (Å²) >= 11 is 0. The molecule has 1 heterocycles. The zero-order chi connectivity index (χ0) is 11.0. The first kappa shape index (κ1) is 9.58. The van der Waals surface area contributed by atoms with Gasteiger partial charge in [0, 0.05) is 7.11 Å². The van der Waals surface area contributed by atoms with Crippen molar-refractivity contribution >= 4 is 17.8 Å². The smallest absolute Gasteiger partial charge is 0.258 e. The molecule has 1 atom stereocenters. The Morgan fingerprint density at radius 2 is 2.07 bits per heavy atom. The van der Waals surface area contributed by atoms with Crippen LogP contribution in [0.1, 0.15) is 0 Å². The number of hydrogen-bond donors (Lipinski definition) is 1. The fourth-order valence-corrected chi connectivity index (χ4v) is 1.66. The minimum atomic E-state index is -0.797. The van der Waals surface area contributed by atoms with Gasteiger partial charge in [0.05, 0.1) is 16.7 Å². The molecule has 2 aliphatic rings. The number of nitrogens with one attached hydrogen (secondary N) is 1. The molecule has 0 radical (unpaired) electrons. The highest BCUT2D eigenvalue weighted by Gasteiger charge is 2.38. The molecule has 0 aromatic heterocycles. The third-order valence-electron chi connectivity index (χ3n) is 2.33. The Hall–Kier alpha value is -1.97. The van der Waals surface area contributed by atoms with Crippen molar-refractivity contribution < 1.29 is 19.1 Å². The van der Waals surface area contributed by atoms with Crippen LogP contribution in [0.5, 0.6) is 0 Å². The SMILES string of the molecule is COC1C(=C=O)C=CC2=C1C(=O)NC2=O. The zero-order valence-corrected chi connectivity index (χ0v) is 7.87. The number of hydrogen-bond acceptors (Lipinski definition) is 4. The monoisotopic (exact) mass is 205 g/mol. The van der Waals surface area contributed by atoms with Gasteiger partial charge in [0.25, 0.3) is 11.8 Å². The molecule has 0 spiro atoms. The highest BCUT2D eigenvalue weighted by Crippen LogP contribution is 2.28. The lowest BCUT2D eigenvalue weighted by molar-refractivity contribution is -0.124. The molecule has 0 saturated carbocycles. The lowest BCUT2D eigenvalue weighted by Crippen LogP contribution is -2.27. The van der Waals surface area contributed by atoms with Gasteiger partial charge in [0.15, 0.2) is 0 Å². The van der Waals surface area contributed by atoms with E-state index < -0.39 is 17.9 Å². The molecule has 5 nitrogen and oxygen atoms in total. The van der Waals surface area contributed by atoms with Crippen molar-refractivity contribution in [3.05, 3.63) is 28.9 Å². The van der Waals surface area contributed by atoms with Crippen LogP contribution in [0.25, 0.3) is 0 Å². The summed E-state index contributed by atoms with van der Waals surface area (Å²) in [4.78, 5) is 33.2. The van der Waals surface area contributed by atoms with Gasteiger partial charge in [0.1, 0.15) is 12.0 Å². The van der Waals surface area contributed by atoms with Gasteiger partial charge in [-0.1, -0.05) is 0 Å². The van der Waals surface area contributed by atoms with E-state index in [1.165, 1.54) is 19.3 Å². The van der Waals surface area contributed by atoms with Crippen molar-refractivity contribution in [1.29, 1.82) is 0 Å². The standard InChI is InChI=1S/C10H7NO4/c1-15-8-5(4-12)2-3-6-7(8)10(14)11-9(6)13/h2-3,8H,1H3,(H,11,13,14). The van der Waals surface area contributed by atoms with E-state index in [4.69, 9.17) is 4.74 Å². The van der Waals surface area contributed by atoms with E-state index in [-0.39, 0.29) is 16.7 Å². The summed E-state index contributed by atoms with van der Waals surface area (Å²) in [5.74, 6) is 0.708. The molecule has 0 aromatic rings. The predicted molar refractivity (Wildman–Crippen MR) is 49.3 cm³/mol. The quantitative estimate of drug-likeness (QED) is 0.453. The molecule has 1 aliphatic carbocycles. The molecule has 2 rings (SSSR count). The van der Waals surface area contributed by atoms with Crippen LogP contribution in [-0.4, -0.2) is 31.0 Å². The number of ether oxygens (including phenoxy) is 1. The largest absolute Gasteiger partial charge is 0.371 e. The van der Waals surface area contributed by atoms with Crippen molar-refractivity contribution in [2.24, 2.45) is 0 Å². The Kier molecular flexibility index (Phi) is 2.11. The summed E-state index contributed by atoms with van der Waals surface area (Å²) in [7, 11) is 1.36. The fraction of sp³-hybridized carbons (Fsp3) is 0.200. The highest BCUT2D eigenvalue weighted by molar-refractivity contribution is 6.22. The molecule has 15 heavy (non-hydrogen) atoms. The van der Waals surface area contributed by atoms with Gasteiger partial charge in [-0.3, -0.25) is 14.9 Å². The second-order valence-corrected chi connectivity index (χ2v) is 3.12. The van der Waals surface area contributed by atoms with Gasteiger partial charge in [-0.2, -0.15) is 0 Å². The summed E-state index contributed by atoms with van der Waals surface area (Å²) in [5, 5.41) is 2.14. The Bertz CT molecular complexity index is 466. The topological polar surface area (TPSA) is 72.5 Å². The lowest BCUT2D eigenvalue weighted by atomic mass is 9.93. The van der Waals surface area contributed by atoms with E-state index in [9.17, 15) is 14.4 Å². The molecule has 0 aromatic carbocycles. The maximum Gasteiger partial charge on any atom is 0.258 e. The molecule has 0 saturated heterocycles. The van der Waals surface area contributed by atoms with E-state index in [2.05, 4.69) is 5.32 Å². The van der Waals surface area contributed by atoms with Crippen LogP contribution >= 0.6 is 0 Å². The van der Waals surface area contributed by atoms with Crippen molar-refractivity contribution in [1.82, 2.24) is 5.32 Å². The van der Waals surface area contributed by atoms with Crippen LogP contribution in [0.3, 0.4) is 0 Å². The van der Waals surface area contributed by atoms with Gasteiger partial charge in [-0.05, 0) is 12.2 Å². The maximum absolute atomic E-state index is 11.4. The summed E-state index contributed by atoms with van der Waals surface area (Å²) in [6.07, 6.45) is 2.05. The highest BCUT2D eigenvalue weighted by atomic mass is 16.5. The van der Waals surface area contributed by atoms with E-state index in [1.54, 1.807) is 5.94 Å². The number of carbonyl (C=O) groups excluding carboxylic acids is 3. The van der Waals surface area contributed by atoms with Gasteiger partial charge in [-0.15, -0.1) is 0 Å². The van der Waals surface area contributed by atoms with Crippen LogP contribution < -0.4 is 5.32 Å². The molecule has 76 valence electrons. The predicted octanol–water partition coefficient (Wildman–Crippen LogP) is -0.718. The van der Waals surface area contributed by atoms with E-state index in [0.29, 0.717) is 0 Å². The molecule has 1 N–H and O–H groups in total. The van der Waals surface area contributed by atoms with E-state index in [1.807, 2.05) is 0 Å². The van der Waals surface area contributed by atoms with Gasteiger partial charge < -0.3 is 4.74 Å². The Morgan fingerprint density at radius 3 is 2.67 bits per heavy atom. The Morgan fingerprint density at radius 1 is 1.33 bits per heavy atom. The summed E-state index contributed by atoms with van der Waals surface area (Å²) in [6, 6.07) is 0. The van der Waals surface area contributed by atoms with Crippen molar-refractivity contribution in [3.63, 3.8) is 0 Å². The van der Waals surface area contributed by atoms with Crippen LogP contribution in [0.4, 0.5) is 0 Å². The molecule has 5 heteroatoms. The van der Waals surface area contributed by atoms with Crippen LogP contribution in [0.15, 0.2) is 28.9 Å². The number of rotatable bonds is 1. The first-order valence-corrected chi connectivity index (χ1v) is 4.24. The minimum absolute atomic E-state index is 0.184. The second kappa shape index (κ2) is 3.31. The summed E-state index contributed by atoms with van der Waals surface area (Å²) in [5.41, 5.74) is 0.648. The van der Waals surface area contributed by atoms with Crippen LogP contribution in [0, 0.1) is 0 Å². The maximum atomic E-state index is 11.4. The average molecular weight is 205 g/mol. The molecule has 0 fully saturated rings. The van der Waals surface area contributed by atoms with Gasteiger partial charge >= 0.3 is 0 Å². The lowest BCUT2D eigenvalue weighted by Gasteiger charge is -2.17. The van der Waals surface area contributed by atoms with E-state index in [0.717, 1.165) is 0 Å². The first-order valence-electron chi connectivity index (χ1n) is 4.24. The molecule has 1 unspecified atom stereocenters. The fourth-order valence-electron chi connectivity index (χ4n) is 1.66. The molecular weight excluding hydrogens is 198 g/mol. The molecular formula is C10H7NO4. The Labute approximate surface area is 85.1 Å². The number of methoxy groups -OCH3 is 1. The molecule has 2 amide bonds. The third kappa shape index (κ3) is 1.26. The van der Waals surface area contributed by atoms with Crippen LogP contribution in [-0.2, 0) is 19.1 Å². The van der Waals surface area contributed by atoms with Crippen molar-refractivity contribution in [2.45, 2.75) is 6.10 Å².